The number of aromatic nitrogens is 2. The summed E-state index contributed by atoms with van der Waals surface area (Å²) in [5.41, 5.74) is 1.16. The quantitative estimate of drug-likeness (QED) is 0.907. The van der Waals surface area contributed by atoms with Crippen LogP contribution in [0.1, 0.15) is 51.0 Å². The number of nitrogens with zero attached hydrogens (tertiary/aromatic N) is 2. The molecule has 2 fully saturated rings. The van der Waals surface area contributed by atoms with Crippen molar-refractivity contribution >= 4 is 5.91 Å². The Balaban J connectivity index is 1.60. The average molecular weight is 305 g/mol. The molecule has 5 nitrogen and oxygen atoms in total. The SMILES string of the molecule is CCO[C@@H]1C[C@@H](NC(=O)Cc2cnn(C)c2)C12CCCCC2. The molecule has 3 rings (SSSR count). The summed E-state index contributed by atoms with van der Waals surface area (Å²) in [5.74, 6) is 0.109. The molecular formula is C17H27N3O2. The Morgan fingerprint density at radius 3 is 2.86 bits per heavy atom. The number of nitrogens with one attached hydrogen (secondary N) is 1. The van der Waals surface area contributed by atoms with Gasteiger partial charge in [0, 0.05) is 31.3 Å². The highest BCUT2D eigenvalue weighted by molar-refractivity contribution is 5.79. The lowest BCUT2D eigenvalue weighted by molar-refractivity contribution is -0.156. The molecule has 22 heavy (non-hydrogen) atoms. The van der Waals surface area contributed by atoms with Gasteiger partial charge in [0.15, 0.2) is 0 Å². The Labute approximate surface area is 132 Å². The van der Waals surface area contributed by atoms with Crippen LogP contribution in [0.15, 0.2) is 12.4 Å². The summed E-state index contributed by atoms with van der Waals surface area (Å²) in [6, 6.07) is 0.286. The Hall–Kier alpha value is -1.36. The largest absolute Gasteiger partial charge is 0.378 e. The molecule has 1 amide bonds. The molecule has 1 N–H and O–H groups in total. The van der Waals surface area contributed by atoms with E-state index in [2.05, 4.69) is 17.3 Å². The first-order valence-corrected chi connectivity index (χ1v) is 8.52. The highest BCUT2D eigenvalue weighted by Gasteiger charge is 2.56. The van der Waals surface area contributed by atoms with Gasteiger partial charge >= 0.3 is 0 Å². The lowest BCUT2D eigenvalue weighted by atomic mass is 9.55. The lowest BCUT2D eigenvalue weighted by Gasteiger charge is -2.57. The molecule has 1 heterocycles. The van der Waals surface area contributed by atoms with Crippen molar-refractivity contribution in [2.45, 2.75) is 64.0 Å². The summed E-state index contributed by atoms with van der Waals surface area (Å²) in [7, 11) is 1.87. The first kappa shape index (κ1) is 15.5. The van der Waals surface area contributed by atoms with Gasteiger partial charge in [0.25, 0.3) is 0 Å². The van der Waals surface area contributed by atoms with Gasteiger partial charge in [0.1, 0.15) is 0 Å². The number of amides is 1. The highest BCUT2D eigenvalue weighted by atomic mass is 16.5. The first-order chi connectivity index (χ1) is 10.6. The van der Waals surface area contributed by atoms with Gasteiger partial charge in [-0.15, -0.1) is 0 Å². The third-order valence-electron chi connectivity index (χ3n) is 5.40. The van der Waals surface area contributed by atoms with Crippen LogP contribution < -0.4 is 5.32 Å². The van der Waals surface area contributed by atoms with E-state index in [1.54, 1.807) is 10.9 Å². The van der Waals surface area contributed by atoms with Crippen LogP contribution in [0.25, 0.3) is 0 Å². The fourth-order valence-corrected chi connectivity index (χ4v) is 4.26. The van der Waals surface area contributed by atoms with Crippen molar-refractivity contribution in [3.63, 3.8) is 0 Å². The smallest absolute Gasteiger partial charge is 0.224 e. The van der Waals surface area contributed by atoms with E-state index in [9.17, 15) is 4.79 Å². The van der Waals surface area contributed by atoms with Gasteiger partial charge in [0.05, 0.1) is 18.7 Å². The van der Waals surface area contributed by atoms with Crippen LogP contribution in [-0.2, 0) is 23.0 Å². The molecular weight excluding hydrogens is 278 g/mol. The number of carbonyl (C=O) groups excluding carboxylic acids is 1. The van der Waals surface area contributed by atoms with Crippen molar-refractivity contribution in [2.24, 2.45) is 12.5 Å². The number of hydrogen-bond acceptors (Lipinski definition) is 3. The number of carbonyl (C=O) groups is 1. The third-order valence-corrected chi connectivity index (χ3v) is 5.40. The molecule has 1 aromatic heterocycles. The average Bonchev–Trinajstić information content (AvgIpc) is 2.92. The molecule has 0 bridgehead atoms. The van der Waals surface area contributed by atoms with E-state index < -0.39 is 0 Å². The lowest BCUT2D eigenvalue weighted by Crippen LogP contribution is -2.65. The van der Waals surface area contributed by atoms with Crippen LogP contribution in [0, 0.1) is 5.41 Å². The minimum Gasteiger partial charge on any atom is -0.378 e. The van der Waals surface area contributed by atoms with Crippen molar-refractivity contribution in [3.05, 3.63) is 18.0 Å². The Kier molecular flexibility index (Phi) is 4.52. The molecule has 0 unspecified atom stereocenters. The minimum atomic E-state index is 0.109. The van der Waals surface area contributed by atoms with Crippen LogP contribution in [0.3, 0.4) is 0 Å². The van der Waals surface area contributed by atoms with Crippen molar-refractivity contribution in [1.82, 2.24) is 15.1 Å². The monoisotopic (exact) mass is 305 g/mol. The van der Waals surface area contributed by atoms with E-state index in [0.717, 1.165) is 18.6 Å². The minimum absolute atomic E-state index is 0.109. The van der Waals surface area contributed by atoms with Crippen LogP contribution in [0.4, 0.5) is 0 Å². The third kappa shape index (κ3) is 2.91. The number of ether oxygens (including phenoxy) is 1. The second kappa shape index (κ2) is 6.41. The van der Waals surface area contributed by atoms with Crippen molar-refractivity contribution < 1.29 is 9.53 Å². The molecule has 1 aromatic rings. The molecule has 122 valence electrons. The molecule has 5 heteroatoms. The Bertz CT molecular complexity index is 520. The number of hydrogen-bond donors (Lipinski definition) is 1. The van der Waals surface area contributed by atoms with E-state index in [4.69, 9.17) is 4.74 Å². The maximum absolute atomic E-state index is 12.3. The van der Waals surface area contributed by atoms with Crippen LogP contribution in [-0.4, -0.2) is 34.4 Å². The van der Waals surface area contributed by atoms with E-state index in [-0.39, 0.29) is 17.4 Å². The van der Waals surface area contributed by atoms with E-state index in [1.165, 1.54) is 32.1 Å². The molecule has 2 saturated carbocycles. The predicted octanol–water partition coefficient (Wildman–Crippen LogP) is 2.21. The summed E-state index contributed by atoms with van der Waals surface area (Å²) in [6.45, 7) is 2.83. The Morgan fingerprint density at radius 2 is 2.23 bits per heavy atom. The molecule has 0 aromatic carbocycles. The van der Waals surface area contributed by atoms with E-state index in [1.807, 2.05) is 13.2 Å². The van der Waals surface area contributed by atoms with Gasteiger partial charge in [-0.2, -0.15) is 5.10 Å². The number of rotatable bonds is 5. The van der Waals surface area contributed by atoms with E-state index >= 15 is 0 Å². The van der Waals surface area contributed by atoms with Gasteiger partial charge in [-0.1, -0.05) is 19.3 Å². The fraction of sp³-hybridized carbons (Fsp3) is 0.765. The maximum Gasteiger partial charge on any atom is 0.224 e. The second-order valence-electron chi connectivity index (χ2n) is 6.79. The highest BCUT2D eigenvalue weighted by Crippen LogP contribution is 2.53. The van der Waals surface area contributed by atoms with Crippen molar-refractivity contribution in [1.29, 1.82) is 0 Å². The predicted molar refractivity (Wildman–Crippen MR) is 84.4 cm³/mol. The molecule has 0 radical (unpaired) electrons. The van der Waals surface area contributed by atoms with Gasteiger partial charge in [-0.25, -0.2) is 0 Å². The summed E-state index contributed by atoms with van der Waals surface area (Å²) >= 11 is 0. The molecule has 2 aliphatic rings. The van der Waals surface area contributed by atoms with Crippen LogP contribution in [0.5, 0.6) is 0 Å². The van der Waals surface area contributed by atoms with Gasteiger partial charge in [-0.05, 0) is 31.7 Å². The molecule has 0 aliphatic heterocycles. The first-order valence-electron chi connectivity index (χ1n) is 8.52. The van der Waals surface area contributed by atoms with E-state index in [0.29, 0.717) is 12.5 Å². The summed E-state index contributed by atoms with van der Waals surface area (Å²) in [4.78, 5) is 12.3. The summed E-state index contributed by atoms with van der Waals surface area (Å²) in [6.07, 6.45) is 11.6. The zero-order chi connectivity index (χ0) is 15.6. The van der Waals surface area contributed by atoms with Crippen molar-refractivity contribution in [3.8, 4) is 0 Å². The zero-order valence-corrected chi connectivity index (χ0v) is 13.7. The fourth-order valence-electron chi connectivity index (χ4n) is 4.26. The molecule has 2 atom stereocenters. The summed E-state index contributed by atoms with van der Waals surface area (Å²) < 4.78 is 7.68. The van der Waals surface area contributed by atoms with Crippen LogP contribution >= 0.6 is 0 Å². The van der Waals surface area contributed by atoms with Gasteiger partial charge in [0.2, 0.25) is 5.91 Å². The standard InChI is InChI=1S/C17H27N3O2/c1-3-22-15-10-14(17(15)7-5-4-6-8-17)19-16(21)9-13-11-18-20(2)12-13/h11-12,14-15H,3-10H2,1-2H3,(H,19,21)/t14-,15-/m1/s1. The topological polar surface area (TPSA) is 56.1 Å². The van der Waals surface area contributed by atoms with Crippen molar-refractivity contribution in [2.75, 3.05) is 6.61 Å². The van der Waals surface area contributed by atoms with Gasteiger partial charge < -0.3 is 10.1 Å². The second-order valence-corrected chi connectivity index (χ2v) is 6.79. The summed E-state index contributed by atoms with van der Waals surface area (Å²) in [5, 5.41) is 7.39. The molecule has 2 aliphatic carbocycles. The van der Waals surface area contributed by atoms with Gasteiger partial charge in [-0.3, -0.25) is 9.48 Å². The maximum atomic E-state index is 12.3. The normalized spacial score (nSPS) is 26.6. The molecule has 1 spiro atoms. The Morgan fingerprint density at radius 1 is 1.45 bits per heavy atom. The zero-order valence-electron chi connectivity index (χ0n) is 13.7. The number of aryl methyl sites for hydroxylation is 1. The molecule has 0 saturated heterocycles. The van der Waals surface area contributed by atoms with Crippen LogP contribution in [0.2, 0.25) is 0 Å².